The molecule has 0 bridgehead atoms. The number of benzene rings is 1. The van der Waals surface area contributed by atoms with Gasteiger partial charge in [-0.3, -0.25) is 0 Å². The molecule has 0 saturated carbocycles. The van der Waals surface area contributed by atoms with Crippen LogP contribution in [0.4, 0.5) is 5.69 Å². The molecular weight excluding hydrogens is 162 g/mol. The summed E-state index contributed by atoms with van der Waals surface area (Å²) >= 11 is 0. The summed E-state index contributed by atoms with van der Waals surface area (Å²) in [5.41, 5.74) is 3.48. The predicted octanol–water partition coefficient (Wildman–Crippen LogP) is 2.48. The zero-order chi connectivity index (χ0) is 9.84. The third-order valence-corrected chi connectivity index (χ3v) is 2.20. The Kier molecular flexibility index (Phi) is 3.32. The highest BCUT2D eigenvalue weighted by Gasteiger charge is 2.02. The number of aryl methyl sites for hydroxylation is 1. The number of aliphatic hydroxyl groups is 1. The molecule has 1 rings (SSSR count). The Morgan fingerprint density at radius 1 is 1.38 bits per heavy atom. The largest absolute Gasteiger partial charge is 0.377 e. The molecular formula is C11H17NO. The molecule has 1 aromatic carbocycles. The Balaban J connectivity index is 2.97. The number of rotatable bonds is 3. The van der Waals surface area contributed by atoms with Crippen molar-refractivity contribution in [2.75, 3.05) is 12.0 Å². The van der Waals surface area contributed by atoms with Gasteiger partial charge in [0.2, 0.25) is 0 Å². The van der Waals surface area contributed by atoms with Gasteiger partial charge in [-0.15, -0.1) is 0 Å². The van der Waals surface area contributed by atoms with Crippen LogP contribution in [0.15, 0.2) is 18.2 Å². The Labute approximate surface area is 79.6 Å². The zero-order valence-corrected chi connectivity index (χ0v) is 8.46. The van der Waals surface area contributed by atoms with E-state index in [0.717, 1.165) is 5.69 Å². The zero-order valence-electron chi connectivity index (χ0n) is 8.46. The fourth-order valence-electron chi connectivity index (χ4n) is 1.27. The Morgan fingerprint density at radius 3 is 2.62 bits per heavy atom. The molecule has 2 N–H and O–H groups in total. The van der Waals surface area contributed by atoms with Gasteiger partial charge in [-0.25, -0.2) is 0 Å². The van der Waals surface area contributed by atoms with E-state index in [1.54, 1.807) is 0 Å². The van der Waals surface area contributed by atoms with Gasteiger partial charge in [0, 0.05) is 5.69 Å². The van der Waals surface area contributed by atoms with Crippen molar-refractivity contribution < 1.29 is 5.11 Å². The van der Waals surface area contributed by atoms with Crippen molar-refractivity contribution >= 4 is 5.69 Å². The first kappa shape index (κ1) is 10.1. The van der Waals surface area contributed by atoms with Gasteiger partial charge in [-0.2, -0.15) is 0 Å². The molecule has 1 aromatic rings. The van der Waals surface area contributed by atoms with Gasteiger partial charge in [0.15, 0.2) is 0 Å². The van der Waals surface area contributed by atoms with E-state index in [-0.39, 0.29) is 6.73 Å². The lowest BCUT2D eigenvalue weighted by Gasteiger charge is -2.11. The molecule has 0 unspecified atom stereocenters. The molecule has 0 radical (unpaired) electrons. The summed E-state index contributed by atoms with van der Waals surface area (Å²) in [5, 5.41) is 11.7. The Hall–Kier alpha value is -1.02. The molecule has 0 aliphatic carbocycles. The molecule has 0 aromatic heterocycles. The van der Waals surface area contributed by atoms with Crippen LogP contribution in [0.1, 0.15) is 30.9 Å². The van der Waals surface area contributed by atoms with Crippen LogP contribution < -0.4 is 5.32 Å². The maximum absolute atomic E-state index is 8.76. The van der Waals surface area contributed by atoms with Crippen molar-refractivity contribution in [1.82, 2.24) is 0 Å². The van der Waals surface area contributed by atoms with Crippen molar-refractivity contribution in [2.45, 2.75) is 26.7 Å². The second kappa shape index (κ2) is 4.28. The molecule has 0 aliphatic heterocycles. The summed E-state index contributed by atoms with van der Waals surface area (Å²) in [6.45, 7) is 6.34. The molecule has 2 nitrogen and oxygen atoms in total. The average Bonchev–Trinajstić information content (AvgIpc) is 2.08. The minimum absolute atomic E-state index is 0.0115. The number of hydrogen-bond donors (Lipinski definition) is 2. The SMILES string of the molecule is Cc1ccc(C(C)C)cc1NCO. The highest BCUT2D eigenvalue weighted by atomic mass is 16.3. The molecule has 13 heavy (non-hydrogen) atoms. The average molecular weight is 179 g/mol. The van der Waals surface area contributed by atoms with E-state index < -0.39 is 0 Å². The first-order valence-electron chi connectivity index (χ1n) is 4.60. The number of hydrogen-bond acceptors (Lipinski definition) is 2. The van der Waals surface area contributed by atoms with Gasteiger partial charge >= 0.3 is 0 Å². The van der Waals surface area contributed by atoms with E-state index in [4.69, 9.17) is 5.11 Å². The van der Waals surface area contributed by atoms with Gasteiger partial charge < -0.3 is 10.4 Å². The quantitative estimate of drug-likeness (QED) is 0.699. The minimum Gasteiger partial charge on any atom is -0.377 e. The Morgan fingerprint density at radius 2 is 2.08 bits per heavy atom. The normalized spacial score (nSPS) is 10.5. The van der Waals surface area contributed by atoms with E-state index in [2.05, 4.69) is 37.4 Å². The van der Waals surface area contributed by atoms with E-state index in [9.17, 15) is 0 Å². The van der Waals surface area contributed by atoms with Crippen molar-refractivity contribution in [3.63, 3.8) is 0 Å². The van der Waals surface area contributed by atoms with Crippen LogP contribution in [-0.2, 0) is 0 Å². The lowest BCUT2D eigenvalue weighted by molar-refractivity contribution is 0.325. The topological polar surface area (TPSA) is 32.3 Å². The van der Waals surface area contributed by atoms with Crippen LogP contribution in [0.5, 0.6) is 0 Å². The van der Waals surface area contributed by atoms with Crippen molar-refractivity contribution in [3.8, 4) is 0 Å². The monoisotopic (exact) mass is 179 g/mol. The molecule has 0 aliphatic rings. The van der Waals surface area contributed by atoms with E-state index in [0.29, 0.717) is 5.92 Å². The summed E-state index contributed by atoms with van der Waals surface area (Å²) in [5.74, 6) is 0.528. The van der Waals surface area contributed by atoms with Crippen LogP contribution in [0.25, 0.3) is 0 Å². The smallest absolute Gasteiger partial charge is 0.113 e. The maximum atomic E-state index is 8.76. The van der Waals surface area contributed by atoms with E-state index in [1.807, 2.05) is 6.92 Å². The van der Waals surface area contributed by atoms with Crippen molar-refractivity contribution in [1.29, 1.82) is 0 Å². The third kappa shape index (κ3) is 2.46. The number of anilines is 1. The van der Waals surface area contributed by atoms with E-state index in [1.165, 1.54) is 11.1 Å². The minimum atomic E-state index is -0.0115. The molecule has 0 spiro atoms. The van der Waals surface area contributed by atoms with Crippen molar-refractivity contribution in [2.24, 2.45) is 0 Å². The third-order valence-electron chi connectivity index (χ3n) is 2.20. The predicted molar refractivity (Wildman–Crippen MR) is 56.0 cm³/mol. The van der Waals surface area contributed by atoms with Crippen molar-refractivity contribution in [3.05, 3.63) is 29.3 Å². The Bertz CT molecular complexity index is 281. The molecule has 0 atom stereocenters. The fourth-order valence-corrected chi connectivity index (χ4v) is 1.27. The van der Waals surface area contributed by atoms with Gasteiger partial charge in [0.1, 0.15) is 6.73 Å². The van der Waals surface area contributed by atoms with Crippen LogP contribution in [0.3, 0.4) is 0 Å². The number of aliphatic hydroxyl groups excluding tert-OH is 1. The standard InChI is InChI=1S/C11H17NO/c1-8(2)10-5-4-9(3)11(6-10)12-7-13/h4-6,8,12-13H,7H2,1-3H3. The summed E-state index contributed by atoms with van der Waals surface area (Å²) in [7, 11) is 0. The highest BCUT2D eigenvalue weighted by molar-refractivity contribution is 5.52. The van der Waals surface area contributed by atoms with Crippen LogP contribution >= 0.6 is 0 Å². The highest BCUT2D eigenvalue weighted by Crippen LogP contribution is 2.21. The molecule has 0 saturated heterocycles. The van der Waals surface area contributed by atoms with Gasteiger partial charge in [0.25, 0.3) is 0 Å². The molecule has 2 heteroatoms. The van der Waals surface area contributed by atoms with E-state index >= 15 is 0 Å². The van der Waals surface area contributed by atoms with Gasteiger partial charge in [-0.1, -0.05) is 26.0 Å². The van der Waals surface area contributed by atoms with Crippen LogP contribution in [-0.4, -0.2) is 11.8 Å². The fraction of sp³-hybridized carbons (Fsp3) is 0.455. The summed E-state index contributed by atoms with van der Waals surface area (Å²) in [6.07, 6.45) is 0. The molecule has 0 amide bonds. The van der Waals surface area contributed by atoms with Gasteiger partial charge in [0.05, 0.1) is 0 Å². The molecule has 0 heterocycles. The molecule has 0 fully saturated rings. The lowest BCUT2D eigenvalue weighted by atomic mass is 10.0. The second-order valence-electron chi connectivity index (χ2n) is 3.56. The maximum Gasteiger partial charge on any atom is 0.113 e. The summed E-state index contributed by atoms with van der Waals surface area (Å²) < 4.78 is 0. The lowest BCUT2D eigenvalue weighted by Crippen LogP contribution is -2.02. The molecule has 72 valence electrons. The second-order valence-corrected chi connectivity index (χ2v) is 3.56. The van der Waals surface area contributed by atoms with Gasteiger partial charge in [-0.05, 0) is 30.0 Å². The first-order chi connectivity index (χ1) is 6.15. The summed E-state index contributed by atoms with van der Waals surface area (Å²) in [6, 6.07) is 6.30. The van der Waals surface area contributed by atoms with Crippen LogP contribution in [0, 0.1) is 6.92 Å². The van der Waals surface area contributed by atoms with Crippen LogP contribution in [0.2, 0.25) is 0 Å². The number of nitrogens with one attached hydrogen (secondary N) is 1. The first-order valence-corrected chi connectivity index (χ1v) is 4.60. The summed E-state index contributed by atoms with van der Waals surface area (Å²) in [4.78, 5) is 0.